The molecular weight excluding hydrogens is 466 g/mol. The number of benzene rings is 3. The van der Waals surface area contributed by atoms with Gasteiger partial charge in [-0.15, -0.1) is 0 Å². The Morgan fingerprint density at radius 1 is 0.865 bits per heavy atom. The first-order valence-corrected chi connectivity index (χ1v) is 12.5. The average Bonchev–Trinajstić information content (AvgIpc) is 2.96. The Morgan fingerprint density at radius 2 is 1.57 bits per heavy atom. The number of aromatic nitrogens is 1. The van der Waals surface area contributed by atoms with Crippen molar-refractivity contribution in [3.8, 4) is 17.2 Å². The lowest BCUT2D eigenvalue weighted by molar-refractivity contribution is 0.103. The first kappa shape index (κ1) is 24.4. The number of hydrogen-bond acceptors (Lipinski definition) is 7. The van der Waals surface area contributed by atoms with Gasteiger partial charge in [-0.25, -0.2) is 0 Å². The fourth-order valence-electron chi connectivity index (χ4n) is 4.88. The monoisotopic (exact) mass is 497 g/mol. The number of carbonyl (C=O) groups is 1. The minimum absolute atomic E-state index is 0.0685. The molecule has 7 nitrogen and oxygen atoms in total. The molecule has 0 aliphatic carbocycles. The summed E-state index contributed by atoms with van der Waals surface area (Å²) in [5, 5.41) is 0.913. The Kier molecular flexibility index (Phi) is 7.12. The molecule has 1 fully saturated rings. The lowest BCUT2D eigenvalue weighted by atomic mass is 9.99. The first-order chi connectivity index (χ1) is 18.1. The Balaban J connectivity index is 1.54. The highest BCUT2D eigenvalue weighted by molar-refractivity contribution is 6.16. The van der Waals surface area contributed by atoms with Crippen molar-refractivity contribution in [2.75, 3.05) is 56.8 Å². The summed E-state index contributed by atoms with van der Waals surface area (Å²) in [5.74, 6) is 2.27. The molecule has 1 aliphatic rings. The van der Waals surface area contributed by atoms with Crippen molar-refractivity contribution < 1.29 is 19.0 Å². The number of piperazine rings is 1. The standard InChI is InChI=1S/C30H31N3O4/c1-4-37-23-13-14-26-24(19-23)29(25(20-31-26)30(34)21-9-11-22(35-2)12-10-21)33-17-15-32(16-18-33)27-7-5-6-8-28(27)36-3/h5-14,19-20H,4,15-18H2,1-3H3. The summed E-state index contributed by atoms with van der Waals surface area (Å²) in [7, 11) is 3.31. The number of methoxy groups -OCH3 is 2. The van der Waals surface area contributed by atoms with E-state index in [-0.39, 0.29) is 5.78 Å². The molecule has 1 aliphatic heterocycles. The predicted octanol–water partition coefficient (Wildman–Crippen LogP) is 5.21. The topological polar surface area (TPSA) is 64.1 Å². The molecule has 0 atom stereocenters. The second-order valence-corrected chi connectivity index (χ2v) is 8.84. The number of anilines is 2. The summed E-state index contributed by atoms with van der Waals surface area (Å²) >= 11 is 0. The Bertz CT molecular complexity index is 1400. The molecule has 0 bridgehead atoms. The molecule has 0 radical (unpaired) electrons. The van der Waals surface area contributed by atoms with Crippen LogP contribution in [0.25, 0.3) is 10.9 Å². The third-order valence-electron chi connectivity index (χ3n) is 6.74. The van der Waals surface area contributed by atoms with Gasteiger partial charge in [-0.2, -0.15) is 0 Å². The van der Waals surface area contributed by atoms with Crippen LogP contribution < -0.4 is 24.0 Å². The molecule has 1 aromatic heterocycles. The summed E-state index contributed by atoms with van der Waals surface area (Å²) in [4.78, 5) is 23.0. The van der Waals surface area contributed by atoms with E-state index >= 15 is 0 Å². The maximum absolute atomic E-state index is 13.8. The van der Waals surface area contributed by atoms with Crippen LogP contribution in [0.4, 0.5) is 11.4 Å². The van der Waals surface area contributed by atoms with Crippen molar-refractivity contribution in [1.29, 1.82) is 0 Å². The van der Waals surface area contributed by atoms with E-state index in [2.05, 4.69) is 20.9 Å². The average molecular weight is 498 g/mol. The number of rotatable bonds is 8. The number of hydrogen-bond donors (Lipinski definition) is 0. The number of nitrogens with zero attached hydrogens (tertiary/aromatic N) is 3. The van der Waals surface area contributed by atoms with Gasteiger partial charge in [-0.3, -0.25) is 9.78 Å². The Labute approximate surface area is 217 Å². The molecule has 4 aromatic rings. The van der Waals surface area contributed by atoms with Gasteiger partial charge in [-0.05, 0) is 61.5 Å². The Morgan fingerprint density at radius 3 is 2.27 bits per heavy atom. The SMILES string of the molecule is CCOc1ccc2ncc(C(=O)c3ccc(OC)cc3)c(N3CCN(c4ccccc4OC)CC3)c2c1. The first-order valence-electron chi connectivity index (χ1n) is 12.5. The second kappa shape index (κ2) is 10.8. The normalized spacial score (nSPS) is 13.5. The number of fused-ring (bicyclic) bond motifs is 1. The third-order valence-corrected chi connectivity index (χ3v) is 6.74. The number of ketones is 1. The van der Waals surface area contributed by atoms with Gasteiger partial charge in [0.05, 0.1) is 43.3 Å². The van der Waals surface area contributed by atoms with Crippen LogP contribution in [0.2, 0.25) is 0 Å². The molecule has 1 saturated heterocycles. The van der Waals surface area contributed by atoms with Gasteiger partial charge in [0.2, 0.25) is 0 Å². The summed E-state index contributed by atoms with van der Waals surface area (Å²) in [6, 6.07) is 21.2. The fourth-order valence-corrected chi connectivity index (χ4v) is 4.88. The molecular formula is C30H31N3O4. The van der Waals surface area contributed by atoms with E-state index in [1.54, 1.807) is 44.7 Å². The lowest BCUT2D eigenvalue weighted by Crippen LogP contribution is -2.47. The van der Waals surface area contributed by atoms with E-state index in [4.69, 9.17) is 14.2 Å². The number of pyridine rings is 1. The number of ether oxygens (including phenoxy) is 3. The summed E-state index contributed by atoms with van der Waals surface area (Å²) in [6.07, 6.45) is 1.71. The van der Waals surface area contributed by atoms with Gasteiger partial charge in [0.1, 0.15) is 17.2 Å². The van der Waals surface area contributed by atoms with Crippen molar-refractivity contribution in [3.63, 3.8) is 0 Å². The van der Waals surface area contributed by atoms with Gasteiger partial charge in [0, 0.05) is 43.3 Å². The zero-order chi connectivity index (χ0) is 25.8. The van der Waals surface area contributed by atoms with Gasteiger partial charge in [0.25, 0.3) is 0 Å². The van der Waals surface area contributed by atoms with Gasteiger partial charge in [-0.1, -0.05) is 12.1 Å². The molecule has 37 heavy (non-hydrogen) atoms. The molecule has 5 rings (SSSR count). The van der Waals surface area contributed by atoms with Crippen LogP contribution in [0.15, 0.2) is 72.9 Å². The highest BCUT2D eigenvalue weighted by Crippen LogP contribution is 2.36. The summed E-state index contributed by atoms with van der Waals surface area (Å²) < 4.78 is 16.7. The van der Waals surface area contributed by atoms with Crippen LogP contribution >= 0.6 is 0 Å². The smallest absolute Gasteiger partial charge is 0.196 e. The van der Waals surface area contributed by atoms with Crippen LogP contribution in [0.1, 0.15) is 22.8 Å². The zero-order valence-corrected chi connectivity index (χ0v) is 21.4. The molecule has 0 spiro atoms. The number of carbonyl (C=O) groups excluding carboxylic acids is 1. The molecule has 0 amide bonds. The highest BCUT2D eigenvalue weighted by Gasteiger charge is 2.26. The van der Waals surface area contributed by atoms with Crippen LogP contribution in [-0.4, -0.2) is 57.8 Å². The van der Waals surface area contributed by atoms with Gasteiger partial charge in [0.15, 0.2) is 5.78 Å². The third kappa shape index (κ3) is 4.89. The van der Waals surface area contributed by atoms with E-state index in [0.717, 1.165) is 60.0 Å². The van der Waals surface area contributed by atoms with Gasteiger partial charge < -0.3 is 24.0 Å². The van der Waals surface area contributed by atoms with E-state index in [9.17, 15) is 4.79 Å². The minimum Gasteiger partial charge on any atom is -0.497 e. The number of para-hydroxylation sites is 2. The second-order valence-electron chi connectivity index (χ2n) is 8.84. The molecule has 2 heterocycles. The summed E-state index contributed by atoms with van der Waals surface area (Å²) in [6.45, 7) is 5.62. The largest absolute Gasteiger partial charge is 0.497 e. The maximum Gasteiger partial charge on any atom is 0.196 e. The van der Waals surface area contributed by atoms with Crippen molar-refractivity contribution in [1.82, 2.24) is 4.98 Å². The fraction of sp³-hybridized carbons (Fsp3) is 0.267. The predicted molar refractivity (Wildman–Crippen MR) is 147 cm³/mol. The van der Waals surface area contributed by atoms with E-state index in [1.165, 1.54) is 0 Å². The molecule has 7 heteroatoms. The summed E-state index contributed by atoms with van der Waals surface area (Å²) in [5.41, 5.74) is 3.98. The van der Waals surface area contributed by atoms with Gasteiger partial charge >= 0.3 is 0 Å². The Hall–Kier alpha value is -4.26. The maximum atomic E-state index is 13.8. The van der Waals surface area contributed by atoms with E-state index < -0.39 is 0 Å². The van der Waals surface area contributed by atoms with E-state index in [1.807, 2.05) is 43.3 Å². The molecule has 0 unspecified atom stereocenters. The van der Waals surface area contributed by atoms with Crippen molar-refractivity contribution >= 4 is 28.1 Å². The van der Waals surface area contributed by atoms with Crippen LogP contribution in [0.5, 0.6) is 17.2 Å². The molecule has 190 valence electrons. The van der Waals surface area contributed by atoms with Crippen LogP contribution in [0, 0.1) is 0 Å². The molecule has 3 aromatic carbocycles. The quantitative estimate of drug-likeness (QED) is 0.310. The van der Waals surface area contributed by atoms with Crippen LogP contribution in [0.3, 0.4) is 0 Å². The highest BCUT2D eigenvalue weighted by atomic mass is 16.5. The zero-order valence-electron chi connectivity index (χ0n) is 21.4. The minimum atomic E-state index is -0.0685. The van der Waals surface area contributed by atoms with Crippen molar-refractivity contribution in [2.45, 2.75) is 6.92 Å². The molecule has 0 N–H and O–H groups in total. The lowest BCUT2D eigenvalue weighted by Gasteiger charge is -2.38. The van der Waals surface area contributed by atoms with Crippen molar-refractivity contribution in [2.24, 2.45) is 0 Å². The molecule has 0 saturated carbocycles. The van der Waals surface area contributed by atoms with Crippen molar-refractivity contribution in [3.05, 3.63) is 84.1 Å². The van der Waals surface area contributed by atoms with Crippen LogP contribution in [-0.2, 0) is 0 Å². The van der Waals surface area contributed by atoms with E-state index in [0.29, 0.717) is 23.5 Å².